The first kappa shape index (κ1) is 14.5. The molecule has 1 unspecified atom stereocenters. The third kappa shape index (κ3) is 4.06. The number of rotatable bonds is 6. The van der Waals surface area contributed by atoms with Crippen molar-refractivity contribution in [2.45, 2.75) is 19.4 Å². The molecule has 1 aliphatic heterocycles. The maximum Gasteiger partial charge on any atom is 0.228 e. The molecule has 1 aromatic rings. The summed E-state index contributed by atoms with van der Waals surface area (Å²) in [6, 6.07) is 9.74. The summed E-state index contributed by atoms with van der Waals surface area (Å²) in [6.07, 6.45) is 0.937. The van der Waals surface area contributed by atoms with Gasteiger partial charge in [-0.25, -0.2) is 0 Å². The average Bonchev–Trinajstić information content (AvgIpc) is 2.97. The summed E-state index contributed by atoms with van der Waals surface area (Å²) >= 11 is 0. The summed E-state index contributed by atoms with van der Waals surface area (Å²) in [5, 5.41) is 0. The number of hydrogen-bond donors (Lipinski definition) is 1. The van der Waals surface area contributed by atoms with E-state index in [2.05, 4.69) is 0 Å². The Balaban J connectivity index is 2.03. The lowest BCUT2D eigenvalue weighted by molar-refractivity contribution is -0.136. The SMILES string of the molecule is NC(=O)CCN(Cc1ccccc1)C(=O)C1CCOC1. The number of carbonyl (C=O) groups is 2. The first-order chi connectivity index (χ1) is 9.66. The van der Waals surface area contributed by atoms with Gasteiger partial charge < -0.3 is 15.4 Å². The maximum atomic E-state index is 12.5. The minimum absolute atomic E-state index is 0.0487. The topological polar surface area (TPSA) is 72.6 Å². The van der Waals surface area contributed by atoms with Crippen molar-refractivity contribution < 1.29 is 14.3 Å². The van der Waals surface area contributed by atoms with Crippen molar-refractivity contribution in [3.8, 4) is 0 Å². The molecule has 0 aliphatic carbocycles. The summed E-state index contributed by atoms with van der Waals surface area (Å²) in [7, 11) is 0. The van der Waals surface area contributed by atoms with Gasteiger partial charge in [-0.3, -0.25) is 9.59 Å². The van der Waals surface area contributed by atoms with E-state index in [1.807, 2.05) is 30.3 Å². The minimum atomic E-state index is -0.390. The highest BCUT2D eigenvalue weighted by molar-refractivity contribution is 5.80. The molecule has 1 saturated heterocycles. The normalized spacial score (nSPS) is 17.9. The van der Waals surface area contributed by atoms with Gasteiger partial charge in [-0.05, 0) is 12.0 Å². The van der Waals surface area contributed by atoms with Crippen molar-refractivity contribution in [1.82, 2.24) is 4.90 Å². The summed E-state index contributed by atoms with van der Waals surface area (Å²) in [5.41, 5.74) is 6.23. The minimum Gasteiger partial charge on any atom is -0.381 e. The van der Waals surface area contributed by atoms with Crippen molar-refractivity contribution in [3.63, 3.8) is 0 Å². The van der Waals surface area contributed by atoms with Crippen LogP contribution in [-0.4, -0.2) is 36.5 Å². The molecule has 1 atom stereocenters. The Morgan fingerprint density at radius 2 is 2.05 bits per heavy atom. The standard InChI is InChI=1S/C15H20N2O3/c16-14(18)6-8-17(10-12-4-2-1-3-5-12)15(19)13-7-9-20-11-13/h1-5,13H,6-11H2,(H2,16,18). The number of nitrogens with zero attached hydrogens (tertiary/aromatic N) is 1. The highest BCUT2D eigenvalue weighted by Gasteiger charge is 2.28. The van der Waals surface area contributed by atoms with E-state index in [1.165, 1.54) is 0 Å². The van der Waals surface area contributed by atoms with E-state index in [1.54, 1.807) is 4.90 Å². The molecule has 1 heterocycles. The molecule has 0 bridgehead atoms. The van der Waals surface area contributed by atoms with Crippen LogP contribution in [0.15, 0.2) is 30.3 Å². The van der Waals surface area contributed by atoms with Crippen LogP contribution < -0.4 is 5.73 Å². The van der Waals surface area contributed by atoms with Crippen LogP contribution in [0.4, 0.5) is 0 Å². The van der Waals surface area contributed by atoms with Crippen LogP contribution in [0, 0.1) is 5.92 Å². The molecule has 0 radical (unpaired) electrons. The number of amides is 2. The van der Waals surface area contributed by atoms with Crippen molar-refractivity contribution in [3.05, 3.63) is 35.9 Å². The lowest BCUT2D eigenvalue weighted by atomic mass is 10.1. The van der Waals surface area contributed by atoms with Gasteiger partial charge in [-0.2, -0.15) is 0 Å². The lowest BCUT2D eigenvalue weighted by Crippen LogP contribution is -2.38. The Labute approximate surface area is 118 Å². The Morgan fingerprint density at radius 3 is 2.65 bits per heavy atom. The highest BCUT2D eigenvalue weighted by Crippen LogP contribution is 2.17. The molecule has 0 spiro atoms. The second-order valence-corrected chi connectivity index (χ2v) is 5.02. The van der Waals surface area contributed by atoms with Crippen LogP contribution in [0.5, 0.6) is 0 Å². The van der Waals surface area contributed by atoms with Crippen LogP contribution >= 0.6 is 0 Å². The first-order valence-corrected chi connectivity index (χ1v) is 6.85. The van der Waals surface area contributed by atoms with Crippen LogP contribution in [0.2, 0.25) is 0 Å². The molecule has 2 amide bonds. The number of nitrogens with two attached hydrogens (primary N) is 1. The second kappa shape index (κ2) is 7.05. The Morgan fingerprint density at radius 1 is 1.30 bits per heavy atom. The molecular formula is C15H20N2O3. The van der Waals surface area contributed by atoms with Gasteiger partial charge >= 0.3 is 0 Å². The lowest BCUT2D eigenvalue weighted by Gasteiger charge is -2.25. The third-order valence-corrected chi connectivity index (χ3v) is 3.43. The summed E-state index contributed by atoms with van der Waals surface area (Å²) in [4.78, 5) is 25.1. The average molecular weight is 276 g/mol. The fourth-order valence-corrected chi connectivity index (χ4v) is 2.30. The zero-order valence-corrected chi connectivity index (χ0v) is 11.5. The van der Waals surface area contributed by atoms with E-state index in [-0.39, 0.29) is 18.2 Å². The largest absolute Gasteiger partial charge is 0.381 e. The van der Waals surface area contributed by atoms with E-state index in [9.17, 15) is 9.59 Å². The van der Waals surface area contributed by atoms with E-state index < -0.39 is 5.91 Å². The molecule has 1 aromatic carbocycles. The monoisotopic (exact) mass is 276 g/mol. The van der Waals surface area contributed by atoms with Gasteiger partial charge in [0.25, 0.3) is 0 Å². The predicted molar refractivity (Wildman–Crippen MR) is 74.6 cm³/mol. The molecule has 1 fully saturated rings. The zero-order chi connectivity index (χ0) is 14.4. The summed E-state index contributed by atoms with van der Waals surface area (Å²) in [5.74, 6) is -0.433. The van der Waals surface area contributed by atoms with Crippen molar-refractivity contribution in [1.29, 1.82) is 0 Å². The molecule has 0 aromatic heterocycles. The summed E-state index contributed by atoms with van der Waals surface area (Å²) < 4.78 is 5.27. The molecule has 0 saturated carbocycles. The molecular weight excluding hydrogens is 256 g/mol. The molecule has 20 heavy (non-hydrogen) atoms. The fourth-order valence-electron chi connectivity index (χ4n) is 2.30. The van der Waals surface area contributed by atoms with Crippen molar-refractivity contribution >= 4 is 11.8 Å². The number of carbonyl (C=O) groups excluding carboxylic acids is 2. The molecule has 108 valence electrons. The third-order valence-electron chi connectivity index (χ3n) is 3.43. The van der Waals surface area contributed by atoms with E-state index in [4.69, 9.17) is 10.5 Å². The van der Waals surface area contributed by atoms with E-state index in [0.29, 0.717) is 26.3 Å². The number of primary amides is 1. The van der Waals surface area contributed by atoms with E-state index >= 15 is 0 Å². The van der Waals surface area contributed by atoms with Gasteiger partial charge in [0.2, 0.25) is 11.8 Å². The smallest absolute Gasteiger partial charge is 0.228 e. The van der Waals surface area contributed by atoms with Crippen LogP contribution in [0.3, 0.4) is 0 Å². The molecule has 1 aliphatic rings. The zero-order valence-electron chi connectivity index (χ0n) is 11.5. The van der Waals surface area contributed by atoms with Crippen LogP contribution in [-0.2, 0) is 20.9 Å². The fraction of sp³-hybridized carbons (Fsp3) is 0.467. The molecule has 2 rings (SSSR count). The van der Waals surface area contributed by atoms with Crippen LogP contribution in [0.25, 0.3) is 0 Å². The molecule has 2 N–H and O–H groups in total. The van der Waals surface area contributed by atoms with Crippen molar-refractivity contribution in [2.75, 3.05) is 19.8 Å². The number of ether oxygens (including phenoxy) is 1. The van der Waals surface area contributed by atoms with E-state index in [0.717, 1.165) is 12.0 Å². The van der Waals surface area contributed by atoms with Crippen molar-refractivity contribution in [2.24, 2.45) is 11.7 Å². The van der Waals surface area contributed by atoms with Gasteiger partial charge in [0, 0.05) is 26.1 Å². The van der Waals surface area contributed by atoms with Crippen LogP contribution in [0.1, 0.15) is 18.4 Å². The Kier molecular flexibility index (Phi) is 5.12. The van der Waals surface area contributed by atoms with Gasteiger partial charge in [0.15, 0.2) is 0 Å². The Bertz CT molecular complexity index is 455. The van der Waals surface area contributed by atoms with Gasteiger partial charge in [-0.1, -0.05) is 30.3 Å². The predicted octanol–water partition coefficient (Wildman–Crippen LogP) is 0.927. The summed E-state index contributed by atoms with van der Waals surface area (Å²) in [6.45, 7) is 1.97. The first-order valence-electron chi connectivity index (χ1n) is 6.85. The second-order valence-electron chi connectivity index (χ2n) is 5.02. The molecule has 5 nitrogen and oxygen atoms in total. The number of hydrogen-bond acceptors (Lipinski definition) is 3. The number of benzene rings is 1. The Hall–Kier alpha value is -1.88. The molecule has 5 heteroatoms. The quantitative estimate of drug-likeness (QED) is 0.840. The van der Waals surface area contributed by atoms with Gasteiger partial charge in [0.05, 0.1) is 12.5 Å². The van der Waals surface area contributed by atoms with Gasteiger partial charge in [0.1, 0.15) is 0 Å². The van der Waals surface area contributed by atoms with Gasteiger partial charge in [-0.15, -0.1) is 0 Å². The highest BCUT2D eigenvalue weighted by atomic mass is 16.5. The maximum absolute atomic E-state index is 12.5.